The number of benzene rings is 1. The van der Waals surface area contributed by atoms with Crippen molar-refractivity contribution in [1.82, 2.24) is 9.21 Å². The molecule has 2 saturated heterocycles. The molecule has 7 heteroatoms. The molecule has 1 atom stereocenters. The average molecular weight is 340 g/mol. The summed E-state index contributed by atoms with van der Waals surface area (Å²) < 4.78 is 38.7. The lowest BCUT2D eigenvalue weighted by molar-refractivity contribution is 0.0524. The summed E-state index contributed by atoms with van der Waals surface area (Å²) in [6.45, 7) is 1.54. The first-order valence-corrected chi connectivity index (χ1v) is 9.69. The monoisotopic (exact) mass is 340 g/mol. The summed E-state index contributed by atoms with van der Waals surface area (Å²) in [4.78, 5) is 14.4. The van der Waals surface area contributed by atoms with Crippen molar-refractivity contribution in [1.29, 1.82) is 0 Å². The summed E-state index contributed by atoms with van der Waals surface area (Å²) in [5.74, 6) is -0.542. The summed E-state index contributed by atoms with van der Waals surface area (Å²) in [7, 11) is -3.28. The molecule has 0 saturated carbocycles. The lowest BCUT2D eigenvalue weighted by atomic mass is 9.87. The predicted octanol–water partition coefficient (Wildman–Crippen LogP) is 1.86. The van der Waals surface area contributed by atoms with Crippen LogP contribution in [0.4, 0.5) is 4.39 Å². The van der Waals surface area contributed by atoms with E-state index >= 15 is 0 Å². The fraction of sp³-hybridized carbons (Fsp3) is 0.562. The van der Waals surface area contributed by atoms with Crippen LogP contribution >= 0.6 is 0 Å². The maximum Gasteiger partial charge on any atom is 0.253 e. The molecule has 5 nitrogen and oxygen atoms in total. The van der Waals surface area contributed by atoms with E-state index in [9.17, 15) is 17.6 Å². The molecule has 2 fully saturated rings. The lowest BCUT2D eigenvalue weighted by Crippen LogP contribution is -2.58. The molecule has 126 valence electrons. The first kappa shape index (κ1) is 16.4. The molecule has 0 unspecified atom stereocenters. The van der Waals surface area contributed by atoms with Gasteiger partial charge in [-0.05, 0) is 49.9 Å². The van der Waals surface area contributed by atoms with Gasteiger partial charge < -0.3 is 4.90 Å². The van der Waals surface area contributed by atoms with Crippen LogP contribution in [0, 0.1) is 5.82 Å². The van der Waals surface area contributed by atoms with Gasteiger partial charge in [-0.25, -0.2) is 12.8 Å². The smallest absolute Gasteiger partial charge is 0.253 e. The number of piperidine rings is 1. The fourth-order valence-corrected chi connectivity index (χ4v) is 5.30. The van der Waals surface area contributed by atoms with Crippen molar-refractivity contribution < 1.29 is 17.6 Å². The van der Waals surface area contributed by atoms with E-state index in [0.29, 0.717) is 25.2 Å². The maximum atomic E-state index is 13.0. The van der Waals surface area contributed by atoms with Crippen LogP contribution in [0.15, 0.2) is 24.3 Å². The summed E-state index contributed by atoms with van der Waals surface area (Å²) >= 11 is 0. The Kier molecular flexibility index (Phi) is 4.18. The highest BCUT2D eigenvalue weighted by Gasteiger charge is 2.48. The Morgan fingerprint density at radius 3 is 2.35 bits per heavy atom. The zero-order valence-corrected chi connectivity index (χ0v) is 14.0. The number of halogens is 1. The molecule has 23 heavy (non-hydrogen) atoms. The summed E-state index contributed by atoms with van der Waals surface area (Å²) in [5.41, 5.74) is -0.0333. The van der Waals surface area contributed by atoms with Gasteiger partial charge in [-0.15, -0.1) is 0 Å². The highest BCUT2D eigenvalue weighted by molar-refractivity contribution is 7.88. The van der Waals surface area contributed by atoms with Gasteiger partial charge in [0.2, 0.25) is 10.0 Å². The highest BCUT2D eigenvalue weighted by Crippen LogP contribution is 2.39. The second-order valence-corrected chi connectivity index (χ2v) is 8.41. The summed E-state index contributed by atoms with van der Waals surface area (Å²) in [5, 5.41) is 0. The van der Waals surface area contributed by atoms with Gasteiger partial charge in [-0.2, -0.15) is 4.31 Å². The second-order valence-electron chi connectivity index (χ2n) is 6.50. The second kappa shape index (κ2) is 5.87. The molecule has 0 bridgehead atoms. The minimum atomic E-state index is -3.28. The van der Waals surface area contributed by atoms with E-state index in [1.807, 2.05) is 0 Å². The Labute approximate surface area is 136 Å². The molecule has 1 aromatic carbocycles. The van der Waals surface area contributed by atoms with E-state index in [4.69, 9.17) is 0 Å². The number of carbonyl (C=O) groups excluding carboxylic acids is 1. The van der Waals surface area contributed by atoms with Gasteiger partial charge in [0.15, 0.2) is 0 Å². The van der Waals surface area contributed by atoms with Gasteiger partial charge in [0.25, 0.3) is 5.91 Å². The van der Waals surface area contributed by atoms with Crippen LogP contribution in [0.3, 0.4) is 0 Å². The molecular weight excluding hydrogens is 319 g/mol. The van der Waals surface area contributed by atoms with Crippen molar-refractivity contribution in [2.75, 3.05) is 25.9 Å². The minimum absolute atomic E-state index is 0.163. The Balaban J connectivity index is 1.83. The average Bonchev–Trinajstić information content (AvgIpc) is 2.90. The topological polar surface area (TPSA) is 57.7 Å². The molecule has 1 spiro atoms. The Hall–Kier alpha value is -1.47. The predicted molar refractivity (Wildman–Crippen MR) is 85.1 cm³/mol. The van der Waals surface area contributed by atoms with Gasteiger partial charge in [-0.1, -0.05) is 0 Å². The van der Waals surface area contributed by atoms with Crippen molar-refractivity contribution >= 4 is 15.9 Å². The molecule has 0 aliphatic carbocycles. The number of likely N-dealkylation sites (tertiary alicyclic amines) is 1. The standard InChI is InChI=1S/C16H21FN2O3S/c1-23(21,22)19-11-3-9-16(19)8-2-10-18(12-16)15(20)13-4-6-14(17)7-5-13/h4-7H,2-3,8-12H2,1H3/t16-/m0/s1. The van der Waals surface area contributed by atoms with Crippen LogP contribution in [-0.4, -0.2) is 55.0 Å². The van der Waals surface area contributed by atoms with Crippen LogP contribution in [0.5, 0.6) is 0 Å². The molecule has 3 rings (SSSR count). The van der Waals surface area contributed by atoms with E-state index in [1.54, 1.807) is 9.21 Å². The molecule has 0 N–H and O–H groups in total. The van der Waals surface area contributed by atoms with Crippen molar-refractivity contribution in [3.63, 3.8) is 0 Å². The quantitative estimate of drug-likeness (QED) is 0.826. The number of amides is 1. The molecule has 2 heterocycles. The van der Waals surface area contributed by atoms with E-state index in [2.05, 4.69) is 0 Å². The van der Waals surface area contributed by atoms with Gasteiger partial charge in [0, 0.05) is 25.2 Å². The third-order valence-corrected chi connectivity index (χ3v) is 6.24. The van der Waals surface area contributed by atoms with Crippen molar-refractivity contribution in [2.45, 2.75) is 31.2 Å². The van der Waals surface area contributed by atoms with Crippen LogP contribution < -0.4 is 0 Å². The summed E-state index contributed by atoms with van der Waals surface area (Å²) in [6, 6.07) is 5.49. The SMILES string of the molecule is CS(=O)(=O)N1CCC[C@]12CCCN(C(=O)c1ccc(F)cc1)C2. The van der Waals surface area contributed by atoms with Gasteiger partial charge in [0.1, 0.15) is 5.82 Å². The highest BCUT2D eigenvalue weighted by atomic mass is 32.2. The molecule has 1 aromatic rings. The maximum absolute atomic E-state index is 13.0. The summed E-state index contributed by atoms with van der Waals surface area (Å²) in [6.07, 6.45) is 4.41. The number of nitrogens with zero attached hydrogens (tertiary/aromatic N) is 2. The van der Waals surface area contributed by atoms with Crippen molar-refractivity contribution in [3.05, 3.63) is 35.6 Å². The van der Waals surface area contributed by atoms with Gasteiger partial charge in [0.05, 0.1) is 11.8 Å². The van der Waals surface area contributed by atoms with Crippen LogP contribution in [0.2, 0.25) is 0 Å². The first-order valence-electron chi connectivity index (χ1n) is 7.85. The number of sulfonamides is 1. The van der Waals surface area contributed by atoms with E-state index in [0.717, 1.165) is 25.7 Å². The Morgan fingerprint density at radius 2 is 1.74 bits per heavy atom. The minimum Gasteiger partial charge on any atom is -0.337 e. The molecule has 1 amide bonds. The van der Waals surface area contributed by atoms with Gasteiger partial charge in [-0.3, -0.25) is 4.79 Å². The van der Waals surface area contributed by atoms with Crippen LogP contribution in [-0.2, 0) is 10.0 Å². The van der Waals surface area contributed by atoms with Gasteiger partial charge >= 0.3 is 0 Å². The number of carbonyl (C=O) groups is 1. The van der Waals surface area contributed by atoms with E-state index < -0.39 is 15.6 Å². The van der Waals surface area contributed by atoms with Crippen LogP contribution in [0.1, 0.15) is 36.0 Å². The third-order valence-electron chi connectivity index (χ3n) is 4.87. The van der Waals surface area contributed by atoms with E-state index in [1.165, 1.54) is 30.5 Å². The molecule has 0 aromatic heterocycles. The fourth-order valence-electron chi connectivity index (χ4n) is 3.90. The first-order chi connectivity index (χ1) is 10.8. The molecule has 2 aliphatic rings. The largest absolute Gasteiger partial charge is 0.337 e. The molecule has 2 aliphatic heterocycles. The molecule has 0 radical (unpaired) electrons. The zero-order valence-electron chi connectivity index (χ0n) is 13.2. The Morgan fingerprint density at radius 1 is 1.13 bits per heavy atom. The van der Waals surface area contributed by atoms with Crippen molar-refractivity contribution in [2.24, 2.45) is 0 Å². The van der Waals surface area contributed by atoms with E-state index in [-0.39, 0.29) is 11.7 Å². The number of hydrogen-bond donors (Lipinski definition) is 0. The normalized spacial score (nSPS) is 25.9. The van der Waals surface area contributed by atoms with Crippen molar-refractivity contribution in [3.8, 4) is 0 Å². The lowest BCUT2D eigenvalue weighted by Gasteiger charge is -2.44. The Bertz CT molecular complexity index is 705. The van der Waals surface area contributed by atoms with Crippen LogP contribution in [0.25, 0.3) is 0 Å². The zero-order chi connectivity index (χ0) is 16.7. The number of rotatable bonds is 2. The molecular formula is C16H21FN2O3S. The number of hydrogen-bond acceptors (Lipinski definition) is 3. The third kappa shape index (κ3) is 3.12.